The van der Waals surface area contributed by atoms with Crippen LogP contribution in [-0.2, 0) is 0 Å². The van der Waals surface area contributed by atoms with Gasteiger partial charge in [-0.1, -0.05) is 0 Å². The first-order valence-electron chi connectivity index (χ1n) is 5.00. The molecule has 0 aromatic heterocycles. The van der Waals surface area contributed by atoms with Crippen LogP contribution < -0.4 is 0 Å². The fourth-order valence-electron chi connectivity index (χ4n) is 1.41. The van der Waals surface area contributed by atoms with Crippen molar-refractivity contribution in [2.75, 3.05) is 0 Å². The highest BCUT2D eigenvalue weighted by atomic mass is 13.1. The van der Waals surface area contributed by atoms with Crippen molar-refractivity contribution in [1.82, 2.24) is 0 Å². The molecule has 0 rings (SSSR count). The minimum absolute atomic E-state index is 0.390. The van der Waals surface area contributed by atoms with Gasteiger partial charge < -0.3 is 0 Å². The van der Waals surface area contributed by atoms with E-state index in [4.69, 9.17) is 61.9 Å². The van der Waals surface area contributed by atoms with E-state index in [1.54, 1.807) is 7.06 Å². The molecular weight excluding hydrogens is 173 g/mol. The van der Waals surface area contributed by atoms with Crippen LogP contribution in [-0.4, -0.2) is 114 Å². The maximum Gasteiger partial charge on any atom is 0 e. The van der Waals surface area contributed by atoms with Crippen molar-refractivity contribution in [2.24, 2.45) is 0 Å². The van der Waals surface area contributed by atoms with Crippen LogP contribution in [0.3, 0.4) is 0 Å². The predicted molar refractivity (Wildman–Crippen MR) is 92.1 cm³/mol. The largest absolute Gasteiger partial charge is 0 e. The fourth-order valence-corrected chi connectivity index (χ4v) is 1.41. The molecule has 0 aliphatic heterocycles. The van der Waals surface area contributed by atoms with E-state index in [9.17, 15) is 0 Å². The number of hydrogen-bond donors (Lipinski definition) is 0. The van der Waals surface area contributed by atoms with Crippen molar-refractivity contribution in [3.05, 3.63) is 0 Å². The Labute approximate surface area is 114 Å². The summed E-state index contributed by atoms with van der Waals surface area (Å²) in [5, 5.41) is 0. The minimum atomic E-state index is -0.703. The standard InChI is InChI=1S/B16/c1-9-14(8)16(13(6)7)10-15(11(2)3)12(4)5. The van der Waals surface area contributed by atoms with Crippen molar-refractivity contribution in [3.63, 3.8) is 0 Å². The lowest BCUT2D eigenvalue weighted by Gasteiger charge is -2.30. The lowest BCUT2D eigenvalue weighted by molar-refractivity contribution is 3.46. The van der Waals surface area contributed by atoms with Crippen molar-refractivity contribution in [1.29, 1.82) is 0 Å². The van der Waals surface area contributed by atoms with E-state index in [2.05, 4.69) is 0 Å². The molecule has 0 fully saturated rings. The van der Waals surface area contributed by atoms with E-state index >= 15 is 0 Å². The second kappa shape index (κ2) is 8.20. The molecule has 0 unspecified atom stereocenters. The van der Waals surface area contributed by atoms with Gasteiger partial charge in [-0.15, -0.1) is 0 Å². The van der Waals surface area contributed by atoms with Crippen molar-refractivity contribution in [2.45, 2.75) is 0 Å². The molecule has 0 aliphatic carbocycles. The minimum Gasteiger partial charge on any atom is 0 e. The van der Waals surface area contributed by atoms with Gasteiger partial charge in [0.15, 0.2) is 0 Å². The summed E-state index contributed by atoms with van der Waals surface area (Å²) < 4.78 is 0. The van der Waals surface area contributed by atoms with Crippen LogP contribution in [0.5, 0.6) is 0 Å². The average molecular weight is 173 g/mol. The Morgan fingerprint density at radius 1 is 0.625 bits per heavy atom. The van der Waals surface area contributed by atoms with Crippen molar-refractivity contribution < 1.29 is 0 Å². The molecule has 16 heteroatoms. The fraction of sp³-hybridized carbons (Fsp3) is 0. The highest BCUT2D eigenvalue weighted by Gasteiger charge is 2.31. The summed E-state index contributed by atoms with van der Waals surface area (Å²) in [6.45, 7) is 0. The first-order chi connectivity index (χ1) is 7.31. The van der Waals surface area contributed by atoms with E-state index in [0.717, 1.165) is 0 Å². The normalized spacial score (nSPS) is 8.75. The smallest absolute Gasteiger partial charge is 0 e. The Balaban J connectivity index is 4.58. The Morgan fingerprint density at radius 2 is 1.00 bits per heavy atom. The van der Waals surface area contributed by atoms with Gasteiger partial charge in [-0.2, -0.15) is 0 Å². The van der Waals surface area contributed by atoms with Crippen molar-refractivity contribution in [3.8, 4) is 0 Å². The summed E-state index contributed by atoms with van der Waals surface area (Å²) in [4.78, 5) is 0. The SMILES string of the molecule is [B][B]B([B])B([B]B(B([B])[B])B([B])[B])B([B])[B]. The summed E-state index contributed by atoms with van der Waals surface area (Å²) in [7, 11) is 47.4. The molecule has 0 aromatic rings. The molecule has 0 saturated heterocycles. The van der Waals surface area contributed by atoms with Gasteiger partial charge in [0.1, 0.15) is 0 Å². The van der Waals surface area contributed by atoms with Crippen molar-refractivity contribution >= 4 is 114 Å². The molecule has 0 nitrogen and oxygen atoms in total. The summed E-state index contributed by atoms with van der Waals surface area (Å²) in [5.41, 5.74) is 0. The lowest BCUT2D eigenvalue weighted by Crippen LogP contribution is -2.68. The van der Waals surface area contributed by atoms with E-state index in [1.807, 2.05) is 0 Å². The molecule has 0 amide bonds. The Hall–Kier alpha value is 1.04. The zero-order chi connectivity index (χ0) is 12.9. The molecule has 0 N–H and O–H groups in total. The lowest BCUT2D eigenvalue weighted by atomic mass is 8.52. The molecule has 0 aliphatic rings. The Morgan fingerprint density at radius 3 is 1.25 bits per heavy atom. The molecule has 16 heavy (non-hydrogen) atoms. The van der Waals surface area contributed by atoms with Crippen LogP contribution in [0.15, 0.2) is 0 Å². The van der Waals surface area contributed by atoms with E-state index < -0.39 is 31.9 Å². The summed E-state index contributed by atoms with van der Waals surface area (Å²) in [6, 6.07) is 0. The second-order valence-corrected chi connectivity index (χ2v) is 3.85. The molecule has 0 aromatic carbocycles. The quantitative estimate of drug-likeness (QED) is 0.336. The Bertz CT molecular complexity index is 159. The van der Waals surface area contributed by atoms with Gasteiger partial charge >= 0.3 is 0 Å². The van der Waals surface area contributed by atoms with Gasteiger partial charge in [-0.3, -0.25) is 0 Å². The molecule has 0 heterocycles. The van der Waals surface area contributed by atoms with Gasteiger partial charge in [-0.05, 0) is 0 Å². The molecule has 0 bridgehead atoms. The average Bonchev–Trinajstić information content (AvgIpc) is 2.15. The van der Waals surface area contributed by atoms with Gasteiger partial charge in [0.2, 0.25) is 0 Å². The molecule has 0 spiro atoms. The zero-order valence-corrected chi connectivity index (χ0v) is 9.24. The molecule has 0 atom stereocenters. The van der Waals surface area contributed by atoms with Gasteiger partial charge in [0, 0.05) is 114 Å². The molecule has 0 saturated carbocycles. The van der Waals surface area contributed by atoms with E-state index in [0.29, 0.717) is 0 Å². The van der Waals surface area contributed by atoms with Crippen LogP contribution >= 0.6 is 0 Å². The first kappa shape index (κ1) is 17.0. The maximum atomic E-state index is 5.73. The predicted octanol–water partition coefficient (Wildman–Crippen LogP) is -6.09. The topological polar surface area (TPSA) is 0 Å². The van der Waals surface area contributed by atoms with Crippen LogP contribution in [0.25, 0.3) is 0 Å². The monoisotopic (exact) mass is 176 g/mol. The molecular formula is B16. The van der Waals surface area contributed by atoms with Crippen LogP contribution in [0.1, 0.15) is 0 Å². The van der Waals surface area contributed by atoms with Crippen LogP contribution in [0.2, 0.25) is 0 Å². The summed E-state index contributed by atoms with van der Waals surface area (Å²) >= 11 is 0. The molecule has 48 valence electrons. The zero-order valence-electron chi connectivity index (χ0n) is 9.24. The molecule has 18 radical (unpaired) electrons. The van der Waals surface area contributed by atoms with Gasteiger partial charge in [-0.25, -0.2) is 0 Å². The highest BCUT2D eigenvalue weighted by molar-refractivity contribution is 8.06. The summed E-state index contributed by atoms with van der Waals surface area (Å²) in [5.74, 6) is 0. The third kappa shape index (κ3) is 5.58. The van der Waals surface area contributed by atoms with Gasteiger partial charge in [0.25, 0.3) is 0 Å². The van der Waals surface area contributed by atoms with Crippen LogP contribution in [0.4, 0.5) is 0 Å². The van der Waals surface area contributed by atoms with Crippen LogP contribution in [0, 0.1) is 0 Å². The number of rotatable bonds is 7. The van der Waals surface area contributed by atoms with E-state index in [1.165, 1.54) is 7.06 Å². The third-order valence-corrected chi connectivity index (χ3v) is 2.44. The number of hydrogen-bond acceptors (Lipinski definition) is 0. The third-order valence-electron chi connectivity index (χ3n) is 2.44. The van der Waals surface area contributed by atoms with E-state index in [-0.39, 0.29) is 6.39 Å². The Kier molecular flexibility index (Phi) is 8.73. The maximum absolute atomic E-state index is 5.73. The van der Waals surface area contributed by atoms with Gasteiger partial charge in [0.05, 0.1) is 0 Å². The second-order valence-electron chi connectivity index (χ2n) is 3.85. The summed E-state index contributed by atoms with van der Waals surface area (Å²) in [6.07, 6.45) is -3.42. The highest BCUT2D eigenvalue weighted by Crippen LogP contribution is 1.93. The first-order valence-corrected chi connectivity index (χ1v) is 5.00.